The second-order valence-corrected chi connectivity index (χ2v) is 1.85. The average Bonchev–Trinajstić information content (AvgIpc) is 2.21. The van der Waals surface area contributed by atoms with Crippen molar-refractivity contribution >= 4 is 5.97 Å². The number of hydrogen-bond donors (Lipinski definition) is 3. The van der Waals surface area contributed by atoms with Gasteiger partial charge in [-0.15, -0.1) is 0 Å². The predicted molar refractivity (Wildman–Crippen MR) is 44.3 cm³/mol. The summed E-state index contributed by atoms with van der Waals surface area (Å²) in [5, 5.41) is 16.8. The van der Waals surface area contributed by atoms with Crippen LogP contribution in [0.3, 0.4) is 0 Å². The second kappa shape index (κ2) is 5.65. The second-order valence-electron chi connectivity index (χ2n) is 1.85. The van der Waals surface area contributed by atoms with Crippen LogP contribution in [-0.4, -0.2) is 16.1 Å². The Morgan fingerprint density at radius 1 is 1.62 bits per heavy atom. The van der Waals surface area contributed by atoms with E-state index in [-0.39, 0.29) is 11.3 Å². The summed E-state index contributed by atoms with van der Waals surface area (Å²) in [5.74, 6) is 6.95. The summed E-state index contributed by atoms with van der Waals surface area (Å²) in [6.45, 7) is 0. The molecular formula is C7H8N4O2. The van der Waals surface area contributed by atoms with Crippen molar-refractivity contribution in [2.24, 2.45) is 11.7 Å². The smallest absolute Gasteiger partial charge is 0.335 e. The normalized spacial score (nSPS) is 7.77. The minimum absolute atomic E-state index is 0.0801. The summed E-state index contributed by atoms with van der Waals surface area (Å²) in [6.07, 6.45) is 1.29. The van der Waals surface area contributed by atoms with E-state index in [4.69, 9.17) is 10.4 Å². The zero-order valence-corrected chi connectivity index (χ0v) is 6.64. The standard InChI is InChI=1S/C7H4N2O2.H4N2/c8-4-6-3-5(7(10)11)1-2-9-6;1-2/h1-3H,(H,10,11);1-2H2. The van der Waals surface area contributed by atoms with E-state index in [1.165, 1.54) is 18.3 Å². The lowest BCUT2D eigenvalue weighted by molar-refractivity contribution is 0.0696. The fraction of sp³-hybridized carbons (Fsp3) is 0. The monoisotopic (exact) mass is 180 g/mol. The summed E-state index contributed by atoms with van der Waals surface area (Å²) in [7, 11) is 0. The van der Waals surface area contributed by atoms with Crippen LogP contribution < -0.4 is 11.7 Å². The third-order valence-corrected chi connectivity index (χ3v) is 1.12. The molecule has 0 fully saturated rings. The van der Waals surface area contributed by atoms with Gasteiger partial charge in [-0.05, 0) is 12.1 Å². The maximum absolute atomic E-state index is 10.3. The molecule has 0 saturated heterocycles. The van der Waals surface area contributed by atoms with Crippen molar-refractivity contribution in [2.45, 2.75) is 0 Å². The third-order valence-electron chi connectivity index (χ3n) is 1.12. The van der Waals surface area contributed by atoms with Gasteiger partial charge < -0.3 is 5.11 Å². The maximum Gasteiger partial charge on any atom is 0.335 e. The average molecular weight is 180 g/mol. The maximum atomic E-state index is 10.3. The molecule has 1 aromatic rings. The topological polar surface area (TPSA) is 126 Å². The number of nitriles is 1. The van der Waals surface area contributed by atoms with Crippen molar-refractivity contribution in [3.05, 3.63) is 29.6 Å². The Balaban J connectivity index is 0.000000671. The molecule has 5 N–H and O–H groups in total. The number of carbonyl (C=O) groups is 1. The fourth-order valence-electron chi connectivity index (χ4n) is 0.625. The number of carboxylic acid groups (broad SMARTS) is 1. The van der Waals surface area contributed by atoms with Crippen LogP contribution in [-0.2, 0) is 0 Å². The van der Waals surface area contributed by atoms with Gasteiger partial charge in [-0.2, -0.15) is 5.26 Å². The third kappa shape index (κ3) is 3.29. The van der Waals surface area contributed by atoms with Crippen molar-refractivity contribution < 1.29 is 9.90 Å². The molecule has 0 aliphatic carbocycles. The highest BCUT2D eigenvalue weighted by atomic mass is 16.4. The summed E-state index contributed by atoms with van der Waals surface area (Å²) in [5.41, 5.74) is 0.196. The molecule has 0 bridgehead atoms. The first-order chi connectivity index (χ1) is 6.24. The van der Waals surface area contributed by atoms with Crippen LogP contribution in [0.5, 0.6) is 0 Å². The van der Waals surface area contributed by atoms with Crippen LogP contribution in [0.15, 0.2) is 18.3 Å². The molecule has 1 heterocycles. The van der Waals surface area contributed by atoms with Gasteiger partial charge in [-0.3, -0.25) is 11.7 Å². The Bertz CT molecular complexity index is 332. The fourth-order valence-corrected chi connectivity index (χ4v) is 0.625. The number of nitrogens with zero attached hydrogens (tertiary/aromatic N) is 2. The van der Waals surface area contributed by atoms with Crippen molar-refractivity contribution in [1.29, 1.82) is 5.26 Å². The first-order valence-electron chi connectivity index (χ1n) is 3.17. The SMILES string of the molecule is N#Cc1cc(C(=O)O)ccn1.NN. The molecule has 1 aromatic heterocycles. The molecule has 1 rings (SSSR count). The van der Waals surface area contributed by atoms with Crippen LogP contribution in [0.2, 0.25) is 0 Å². The van der Waals surface area contributed by atoms with Gasteiger partial charge >= 0.3 is 5.97 Å². The van der Waals surface area contributed by atoms with Crippen LogP contribution >= 0.6 is 0 Å². The van der Waals surface area contributed by atoms with E-state index >= 15 is 0 Å². The quantitative estimate of drug-likeness (QED) is 0.394. The molecule has 0 aromatic carbocycles. The molecule has 6 heteroatoms. The van der Waals surface area contributed by atoms with Crippen LogP contribution in [0, 0.1) is 11.3 Å². The van der Waals surface area contributed by atoms with Gasteiger partial charge in [0.05, 0.1) is 5.56 Å². The molecule has 0 unspecified atom stereocenters. The number of aromatic nitrogens is 1. The van der Waals surface area contributed by atoms with Crippen LogP contribution in [0.25, 0.3) is 0 Å². The molecule has 0 amide bonds. The highest BCUT2D eigenvalue weighted by molar-refractivity contribution is 5.87. The number of rotatable bonds is 1. The van der Waals surface area contributed by atoms with E-state index in [9.17, 15) is 4.79 Å². The molecule has 68 valence electrons. The van der Waals surface area contributed by atoms with E-state index in [0.29, 0.717) is 0 Å². The number of nitrogens with two attached hydrogens (primary N) is 2. The van der Waals surface area contributed by atoms with E-state index in [2.05, 4.69) is 16.7 Å². The van der Waals surface area contributed by atoms with Gasteiger partial charge in [0.15, 0.2) is 0 Å². The Labute approximate surface area is 74.4 Å². The lowest BCUT2D eigenvalue weighted by Gasteiger charge is -1.91. The van der Waals surface area contributed by atoms with Gasteiger partial charge in [0.2, 0.25) is 0 Å². The van der Waals surface area contributed by atoms with Gasteiger partial charge in [-0.1, -0.05) is 0 Å². The number of aromatic carboxylic acids is 1. The minimum atomic E-state index is -1.05. The molecule has 13 heavy (non-hydrogen) atoms. The molecule has 0 saturated carbocycles. The van der Waals surface area contributed by atoms with Crippen molar-refractivity contribution in [1.82, 2.24) is 4.98 Å². The Kier molecular flexibility index (Phi) is 4.79. The summed E-state index contributed by atoms with van der Waals surface area (Å²) in [6, 6.07) is 4.31. The van der Waals surface area contributed by atoms with E-state index < -0.39 is 5.97 Å². The van der Waals surface area contributed by atoms with E-state index in [1.807, 2.05) is 0 Å². The van der Waals surface area contributed by atoms with Gasteiger partial charge in [0, 0.05) is 6.20 Å². The molecular weight excluding hydrogens is 172 g/mol. The minimum Gasteiger partial charge on any atom is -0.478 e. The Morgan fingerprint density at radius 3 is 2.69 bits per heavy atom. The van der Waals surface area contributed by atoms with Crippen LogP contribution in [0.4, 0.5) is 0 Å². The van der Waals surface area contributed by atoms with Crippen molar-refractivity contribution in [3.8, 4) is 6.07 Å². The molecule has 0 aliphatic heterocycles. The van der Waals surface area contributed by atoms with Crippen molar-refractivity contribution in [2.75, 3.05) is 0 Å². The highest BCUT2D eigenvalue weighted by Gasteiger charge is 2.02. The van der Waals surface area contributed by atoms with Gasteiger partial charge in [-0.25, -0.2) is 9.78 Å². The molecule has 6 nitrogen and oxygen atoms in total. The Hall–Kier alpha value is -1.97. The molecule has 0 radical (unpaired) electrons. The number of pyridine rings is 1. The zero-order valence-electron chi connectivity index (χ0n) is 6.64. The van der Waals surface area contributed by atoms with Crippen molar-refractivity contribution in [3.63, 3.8) is 0 Å². The number of carboxylic acids is 1. The number of hydrogen-bond acceptors (Lipinski definition) is 5. The van der Waals surface area contributed by atoms with E-state index in [0.717, 1.165) is 0 Å². The summed E-state index contributed by atoms with van der Waals surface area (Å²) >= 11 is 0. The molecule has 0 aliphatic rings. The molecule has 0 spiro atoms. The lowest BCUT2D eigenvalue weighted by atomic mass is 10.2. The van der Waals surface area contributed by atoms with E-state index in [1.54, 1.807) is 6.07 Å². The first-order valence-corrected chi connectivity index (χ1v) is 3.17. The lowest BCUT2D eigenvalue weighted by Crippen LogP contribution is -2.02. The zero-order chi connectivity index (χ0) is 10.3. The highest BCUT2D eigenvalue weighted by Crippen LogP contribution is 1.99. The molecule has 0 atom stereocenters. The van der Waals surface area contributed by atoms with Gasteiger partial charge in [0.1, 0.15) is 11.8 Å². The first kappa shape index (κ1) is 11.0. The van der Waals surface area contributed by atoms with Gasteiger partial charge in [0.25, 0.3) is 0 Å². The van der Waals surface area contributed by atoms with Crippen LogP contribution in [0.1, 0.15) is 16.1 Å². The largest absolute Gasteiger partial charge is 0.478 e. The Morgan fingerprint density at radius 2 is 2.23 bits per heavy atom. The summed E-state index contributed by atoms with van der Waals surface area (Å²) < 4.78 is 0. The number of hydrazine groups is 1. The predicted octanol–water partition coefficient (Wildman–Crippen LogP) is -0.530. The summed E-state index contributed by atoms with van der Waals surface area (Å²) in [4.78, 5) is 13.9.